The molecule has 0 radical (unpaired) electrons. The summed E-state index contributed by atoms with van der Waals surface area (Å²) in [7, 11) is 0. The number of anilines is 1. The summed E-state index contributed by atoms with van der Waals surface area (Å²) in [5.41, 5.74) is 4.53. The maximum absolute atomic E-state index is 6.14. The summed E-state index contributed by atoms with van der Waals surface area (Å²) >= 11 is 11.5. The zero-order chi connectivity index (χ0) is 17.6. The number of likely N-dealkylation sites (tertiary alicyclic amines) is 1. The first kappa shape index (κ1) is 18.2. The maximum Gasteiger partial charge on any atom is 0.171 e. The highest BCUT2D eigenvalue weighted by atomic mass is 35.5. The molecule has 25 heavy (non-hydrogen) atoms. The van der Waals surface area contributed by atoms with Crippen molar-refractivity contribution in [1.29, 1.82) is 0 Å². The summed E-state index contributed by atoms with van der Waals surface area (Å²) in [6.45, 7) is 6.20. The summed E-state index contributed by atoms with van der Waals surface area (Å²) in [5, 5.41) is 7.80. The van der Waals surface area contributed by atoms with Gasteiger partial charge in [-0.2, -0.15) is 0 Å². The minimum Gasteiger partial charge on any atom is -0.358 e. The van der Waals surface area contributed by atoms with E-state index in [2.05, 4.69) is 39.8 Å². The second-order valence-corrected chi connectivity index (χ2v) is 7.34. The van der Waals surface area contributed by atoms with Crippen LogP contribution in [0.5, 0.6) is 0 Å². The van der Waals surface area contributed by atoms with Gasteiger partial charge < -0.3 is 10.6 Å². The minimum absolute atomic E-state index is 0.603. The number of thiocarbonyl (C=S) groups is 1. The Balaban J connectivity index is 1.49. The lowest BCUT2D eigenvalue weighted by atomic mass is 10.1. The van der Waals surface area contributed by atoms with Crippen LogP contribution in [0.25, 0.3) is 0 Å². The molecule has 0 aromatic heterocycles. The molecule has 1 aliphatic heterocycles. The maximum atomic E-state index is 6.14. The van der Waals surface area contributed by atoms with Gasteiger partial charge in [0.25, 0.3) is 0 Å². The monoisotopic (exact) mass is 373 g/mol. The molecule has 1 aliphatic rings. The van der Waals surface area contributed by atoms with Crippen LogP contribution in [0.2, 0.25) is 5.02 Å². The molecule has 0 bridgehead atoms. The topological polar surface area (TPSA) is 27.3 Å². The van der Waals surface area contributed by atoms with E-state index in [9.17, 15) is 0 Å². The van der Waals surface area contributed by atoms with E-state index < -0.39 is 0 Å². The summed E-state index contributed by atoms with van der Waals surface area (Å²) in [6, 6.07) is 14.5. The third-order valence-electron chi connectivity index (χ3n) is 4.60. The van der Waals surface area contributed by atoms with Crippen LogP contribution in [0, 0.1) is 6.92 Å². The second-order valence-electron chi connectivity index (χ2n) is 6.52. The summed E-state index contributed by atoms with van der Waals surface area (Å²) < 4.78 is 0. The molecule has 5 heteroatoms. The molecule has 2 aromatic carbocycles. The quantitative estimate of drug-likeness (QED) is 0.741. The molecule has 2 aromatic rings. The van der Waals surface area contributed by atoms with Gasteiger partial charge in [0, 0.05) is 23.8 Å². The zero-order valence-electron chi connectivity index (χ0n) is 14.5. The predicted molar refractivity (Wildman–Crippen MR) is 110 cm³/mol. The van der Waals surface area contributed by atoms with E-state index in [0.29, 0.717) is 11.7 Å². The number of nitrogens with zero attached hydrogens (tertiary/aromatic N) is 1. The summed E-state index contributed by atoms with van der Waals surface area (Å²) in [4.78, 5) is 2.51. The van der Waals surface area contributed by atoms with Crippen molar-refractivity contribution < 1.29 is 0 Å². The van der Waals surface area contributed by atoms with Crippen molar-refractivity contribution in [2.24, 2.45) is 0 Å². The van der Waals surface area contributed by atoms with Gasteiger partial charge in [0.15, 0.2) is 5.11 Å². The van der Waals surface area contributed by atoms with Gasteiger partial charge in [-0.05, 0) is 73.9 Å². The fraction of sp³-hybridized carbons (Fsp3) is 0.350. The Morgan fingerprint density at radius 2 is 1.76 bits per heavy atom. The highest BCUT2D eigenvalue weighted by Gasteiger charge is 2.11. The first-order valence-corrected chi connectivity index (χ1v) is 9.50. The van der Waals surface area contributed by atoms with Crippen LogP contribution in [-0.2, 0) is 13.1 Å². The third-order valence-corrected chi connectivity index (χ3v) is 5.25. The Bertz CT molecular complexity index is 724. The second kappa shape index (κ2) is 8.65. The van der Waals surface area contributed by atoms with Gasteiger partial charge in [0.05, 0.1) is 0 Å². The molecule has 1 fully saturated rings. The van der Waals surface area contributed by atoms with E-state index in [0.717, 1.165) is 22.8 Å². The minimum atomic E-state index is 0.603. The first-order valence-electron chi connectivity index (χ1n) is 8.72. The summed E-state index contributed by atoms with van der Waals surface area (Å²) in [6.07, 6.45) is 2.66. The lowest BCUT2D eigenvalue weighted by Gasteiger charge is -2.15. The Morgan fingerprint density at radius 1 is 1.08 bits per heavy atom. The van der Waals surface area contributed by atoms with E-state index in [1.807, 2.05) is 25.1 Å². The van der Waals surface area contributed by atoms with Crippen LogP contribution in [0.15, 0.2) is 42.5 Å². The lowest BCUT2D eigenvalue weighted by Crippen LogP contribution is -2.28. The first-order chi connectivity index (χ1) is 12.1. The molecule has 0 unspecified atom stereocenters. The van der Waals surface area contributed by atoms with Gasteiger partial charge >= 0.3 is 0 Å². The molecule has 1 heterocycles. The highest BCUT2D eigenvalue weighted by molar-refractivity contribution is 7.80. The zero-order valence-corrected chi connectivity index (χ0v) is 16.1. The Hall–Kier alpha value is -1.62. The molecule has 0 amide bonds. The molecular formula is C20H24ClN3S. The fourth-order valence-electron chi connectivity index (χ4n) is 3.05. The van der Waals surface area contributed by atoms with E-state index in [4.69, 9.17) is 23.8 Å². The molecule has 0 saturated carbocycles. The van der Waals surface area contributed by atoms with Crippen LogP contribution < -0.4 is 10.6 Å². The van der Waals surface area contributed by atoms with Crippen LogP contribution in [-0.4, -0.2) is 23.1 Å². The van der Waals surface area contributed by atoms with Gasteiger partial charge in [-0.15, -0.1) is 0 Å². The van der Waals surface area contributed by atoms with Crippen molar-refractivity contribution >= 4 is 34.6 Å². The average Bonchev–Trinajstić information content (AvgIpc) is 3.11. The van der Waals surface area contributed by atoms with Crippen molar-refractivity contribution in [2.45, 2.75) is 32.9 Å². The van der Waals surface area contributed by atoms with Crippen molar-refractivity contribution in [2.75, 3.05) is 18.4 Å². The van der Waals surface area contributed by atoms with Gasteiger partial charge in [0.2, 0.25) is 0 Å². The SMILES string of the molecule is Cc1c(Cl)cccc1NC(=S)NCc1ccc(CN2CCCC2)cc1. The lowest BCUT2D eigenvalue weighted by molar-refractivity contribution is 0.331. The fourth-order valence-corrected chi connectivity index (χ4v) is 3.41. The van der Waals surface area contributed by atoms with Gasteiger partial charge in [-0.1, -0.05) is 41.9 Å². The van der Waals surface area contributed by atoms with Crippen molar-refractivity contribution in [3.63, 3.8) is 0 Å². The largest absolute Gasteiger partial charge is 0.358 e. The van der Waals surface area contributed by atoms with Crippen LogP contribution >= 0.6 is 23.8 Å². The molecule has 3 nitrogen and oxygen atoms in total. The standard InChI is InChI=1S/C20H24ClN3S/c1-15-18(21)5-4-6-19(15)23-20(25)22-13-16-7-9-17(10-8-16)14-24-11-2-3-12-24/h4-10H,2-3,11-14H2,1H3,(H2,22,23,25). The molecule has 0 atom stereocenters. The highest BCUT2D eigenvalue weighted by Crippen LogP contribution is 2.22. The number of hydrogen-bond acceptors (Lipinski definition) is 2. The molecule has 132 valence electrons. The van der Waals surface area contributed by atoms with E-state index in [-0.39, 0.29) is 0 Å². The van der Waals surface area contributed by atoms with Crippen LogP contribution in [0.1, 0.15) is 29.5 Å². The molecule has 0 spiro atoms. The molecule has 2 N–H and O–H groups in total. The summed E-state index contributed by atoms with van der Waals surface area (Å²) in [5.74, 6) is 0. The molecular weight excluding hydrogens is 350 g/mol. The van der Waals surface area contributed by atoms with Gasteiger partial charge in [-0.25, -0.2) is 0 Å². The molecule has 3 rings (SSSR count). The van der Waals surface area contributed by atoms with E-state index in [1.54, 1.807) is 0 Å². The number of benzene rings is 2. The van der Waals surface area contributed by atoms with Gasteiger partial charge in [-0.3, -0.25) is 4.90 Å². The van der Waals surface area contributed by atoms with Crippen molar-refractivity contribution in [3.05, 3.63) is 64.2 Å². The average molecular weight is 374 g/mol. The van der Waals surface area contributed by atoms with Crippen LogP contribution in [0.4, 0.5) is 5.69 Å². The normalized spacial score (nSPS) is 14.5. The smallest absolute Gasteiger partial charge is 0.171 e. The van der Waals surface area contributed by atoms with Crippen molar-refractivity contribution in [1.82, 2.24) is 10.2 Å². The number of hydrogen-bond donors (Lipinski definition) is 2. The Labute approximate surface area is 160 Å². The predicted octanol–water partition coefficient (Wildman–Crippen LogP) is 4.73. The Kier molecular flexibility index (Phi) is 6.29. The van der Waals surface area contributed by atoms with E-state index in [1.165, 1.54) is 37.1 Å². The van der Waals surface area contributed by atoms with Crippen LogP contribution in [0.3, 0.4) is 0 Å². The Morgan fingerprint density at radius 3 is 2.48 bits per heavy atom. The molecule has 1 saturated heterocycles. The third kappa shape index (κ3) is 5.18. The van der Waals surface area contributed by atoms with Gasteiger partial charge in [0.1, 0.15) is 0 Å². The van der Waals surface area contributed by atoms with E-state index >= 15 is 0 Å². The number of rotatable bonds is 5. The van der Waals surface area contributed by atoms with Crippen molar-refractivity contribution in [3.8, 4) is 0 Å². The number of nitrogens with one attached hydrogen (secondary N) is 2. The number of halogens is 1. The molecule has 0 aliphatic carbocycles.